The van der Waals surface area contributed by atoms with Crippen LogP contribution in [0, 0.1) is 6.92 Å². The predicted molar refractivity (Wildman–Crippen MR) is 51.5 cm³/mol. The lowest BCUT2D eigenvalue weighted by atomic mass is 10.1. The van der Waals surface area contributed by atoms with E-state index >= 15 is 0 Å². The second-order valence-electron chi connectivity index (χ2n) is 3.60. The van der Waals surface area contributed by atoms with E-state index in [9.17, 15) is 0 Å². The van der Waals surface area contributed by atoms with Crippen molar-refractivity contribution >= 4 is 10.8 Å². The molecule has 2 aromatic rings. The van der Waals surface area contributed by atoms with Crippen LogP contribution in [0.2, 0.25) is 0 Å². The van der Waals surface area contributed by atoms with Crippen LogP contribution in [0.25, 0.3) is 10.8 Å². The fourth-order valence-electron chi connectivity index (χ4n) is 1.86. The molecule has 0 N–H and O–H groups in total. The molecule has 0 saturated heterocycles. The highest BCUT2D eigenvalue weighted by Crippen LogP contribution is 2.35. The Morgan fingerprint density at radius 3 is 2.92 bits per heavy atom. The largest absolute Gasteiger partial charge is 0.0587 e. The third-order valence-electron chi connectivity index (χ3n) is 2.63. The Hall–Kier alpha value is -1.30. The molecule has 1 aliphatic rings. The van der Waals surface area contributed by atoms with E-state index < -0.39 is 0 Å². The van der Waals surface area contributed by atoms with Gasteiger partial charge in [-0.05, 0) is 35.2 Å². The first-order valence-electron chi connectivity index (χ1n) is 4.36. The molecule has 0 fully saturated rings. The Labute approximate surface area is 71.8 Å². The van der Waals surface area contributed by atoms with Gasteiger partial charge in [0.25, 0.3) is 0 Å². The average molecular weight is 154 g/mol. The molecule has 0 atom stereocenters. The van der Waals surface area contributed by atoms with Crippen molar-refractivity contribution in [2.75, 3.05) is 0 Å². The van der Waals surface area contributed by atoms with Crippen molar-refractivity contribution < 1.29 is 0 Å². The van der Waals surface area contributed by atoms with Gasteiger partial charge in [0.15, 0.2) is 0 Å². The van der Waals surface area contributed by atoms with Crippen LogP contribution in [0.15, 0.2) is 30.3 Å². The Morgan fingerprint density at radius 2 is 2.00 bits per heavy atom. The summed E-state index contributed by atoms with van der Waals surface area (Å²) in [5, 5.41) is 2.85. The van der Waals surface area contributed by atoms with Gasteiger partial charge >= 0.3 is 0 Å². The van der Waals surface area contributed by atoms with Crippen LogP contribution < -0.4 is 0 Å². The number of rotatable bonds is 0. The standard InChI is InChI=1S/C12H10/c1-8-2-5-11-9(6-8)3-4-10-7-12(10)11/h2-6H,7H2,1H3. The van der Waals surface area contributed by atoms with Gasteiger partial charge in [-0.15, -0.1) is 0 Å². The van der Waals surface area contributed by atoms with E-state index in [2.05, 4.69) is 37.3 Å². The van der Waals surface area contributed by atoms with E-state index in [1.165, 1.54) is 28.3 Å². The SMILES string of the molecule is Cc1ccc2c3c(ccc2c1)C3. The lowest BCUT2D eigenvalue weighted by Gasteiger charge is -1.96. The van der Waals surface area contributed by atoms with Gasteiger partial charge in [-0.1, -0.05) is 35.9 Å². The maximum absolute atomic E-state index is 2.26. The minimum atomic E-state index is 1.21. The van der Waals surface area contributed by atoms with E-state index in [1.807, 2.05) is 0 Å². The quantitative estimate of drug-likeness (QED) is 0.467. The summed E-state index contributed by atoms with van der Waals surface area (Å²) in [5.41, 5.74) is 4.45. The Balaban J connectivity index is 2.48. The Kier molecular flexibility index (Phi) is 0.984. The van der Waals surface area contributed by atoms with E-state index in [4.69, 9.17) is 0 Å². The maximum atomic E-state index is 2.26. The van der Waals surface area contributed by atoms with Crippen molar-refractivity contribution in [2.24, 2.45) is 0 Å². The molecule has 2 aromatic carbocycles. The zero-order valence-corrected chi connectivity index (χ0v) is 7.09. The lowest BCUT2D eigenvalue weighted by Crippen LogP contribution is -1.73. The number of hydrogen-bond donors (Lipinski definition) is 0. The van der Waals surface area contributed by atoms with Crippen LogP contribution in [0.4, 0.5) is 0 Å². The molecule has 0 amide bonds. The van der Waals surface area contributed by atoms with Crippen molar-refractivity contribution in [1.82, 2.24) is 0 Å². The molecule has 0 nitrogen and oxygen atoms in total. The summed E-state index contributed by atoms with van der Waals surface area (Å²) in [7, 11) is 0. The van der Waals surface area contributed by atoms with Gasteiger partial charge < -0.3 is 0 Å². The average Bonchev–Trinajstić information content (AvgIpc) is 2.82. The fourth-order valence-corrected chi connectivity index (χ4v) is 1.86. The maximum Gasteiger partial charge on any atom is -0.00137 e. The van der Waals surface area contributed by atoms with Crippen LogP contribution in [-0.2, 0) is 6.42 Å². The molecule has 0 radical (unpaired) electrons. The normalized spacial score (nSPS) is 13.1. The molecular formula is C12H10. The van der Waals surface area contributed by atoms with Crippen molar-refractivity contribution in [2.45, 2.75) is 13.3 Å². The first kappa shape index (κ1) is 6.24. The minimum absolute atomic E-state index is 1.21. The molecular weight excluding hydrogens is 144 g/mol. The number of hydrogen-bond acceptors (Lipinski definition) is 0. The van der Waals surface area contributed by atoms with Crippen molar-refractivity contribution in [3.8, 4) is 0 Å². The van der Waals surface area contributed by atoms with E-state index in [0.29, 0.717) is 0 Å². The molecule has 3 rings (SSSR count). The van der Waals surface area contributed by atoms with Crippen molar-refractivity contribution in [3.05, 3.63) is 47.0 Å². The van der Waals surface area contributed by atoms with Gasteiger partial charge in [0.05, 0.1) is 0 Å². The molecule has 0 unspecified atom stereocenters. The van der Waals surface area contributed by atoms with Gasteiger partial charge in [-0.2, -0.15) is 0 Å². The number of fused-ring (bicyclic) bond motifs is 3. The van der Waals surface area contributed by atoms with Gasteiger partial charge in [0.2, 0.25) is 0 Å². The van der Waals surface area contributed by atoms with Crippen LogP contribution >= 0.6 is 0 Å². The molecule has 12 heavy (non-hydrogen) atoms. The zero-order chi connectivity index (χ0) is 8.13. The third kappa shape index (κ3) is 0.724. The minimum Gasteiger partial charge on any atom is -0.0587 e. The second kappa shape index (κ2) is 1.89. The summed E-state index contributed by atoms with van der Waals surface area (Å²) in [4.78, 5) is 0. The number of aryl methyl sites for hydroxylation is 1. The van der Waals surface area contributed by atoms with Crippen LogP contribution in [0.3, 0.4) is 0 Å². The topological polar surface area (TPSA) is 0 Å². The van der Waals surface area contributed by atoms with E-state index in [0.717, 1.165) is 0 Å². The van der Waals surface area contributed by atoms with Gasteiger partial charge in [0, 0.05) is 0 Å². The summed E-state index contributed by atoms with van der Waals surface area (Å²) in [6, 6.07) is 11.2. The van der Waals surface area contributed by atoms with Crippen LogP contribution in [0.5, 0.6) is 0 Å². The molecule has 58 valence electrons. The molecule has 0 spiro atoms. The highest BCUT2D eigenvalue weighted by atomic mass is 14.2. The molecule has 0 saturated carbocycles. The summed E-state index contributed by atoms with van der Waals surface area (Å²) in [6.45, 7) is 2.14. The summed E-state index contributed by atoms with van der Waals surface area (Å²) < 4.78 is 0. The van der Waals surface area contributed by atoms with Crippen molar-refractivity contribution in [1.29, 1.82) is 0 Å². The van der Waals surface area contributed by atoms with Gasteiger partial charge in [0.1, 0.15) is 0 Å². The Bertz CT molecular complexity index is 467. The van der Waals surface area contributed by atoms with Gasteiger partial charge in [-0.25, -0.2) is 0 Å². The summed E-state index contributed by atoms with van der Waals surface area (Å²) in [5.74, 6) is 0. The first-order valence-corrected chi connectivity index (χ1v) is 4.36. The molecule has 0 aromatic heterocycles. The van der Waals surface area contributed by atoms with Crippen LogP contribution in [-0.4, -0.2) is 0 Å². The highest BCUT2D eigenvalue weighted by Gasteiger charge is 2.18. The van der Waals surface area contributed by atoms with E-state index in [1.54, 1.807) is 5.56 Å². The number of benzene rings is 2. The first-order chi connectivity index (χ1) is 5.84. The molecule has 0 heteroatoms. The summed E-state index contributed by atoms with van der Waals surface area (Å²) >= 11 is 0. The summed E-state index contributed by atoms with van der Waals surface area (Å²) in [6.07, 6.45) is 1.21. The second-order valence-corrected chi connectivity index (χ2v) is 3.60. The highest BCUT2D eigenvalue weighted by molar-refractivity contribution is 5.91. The van der Waals surface area contributed by atoms with Gasteiger partial charge in [-0.3, -0.25) is 0 Å². The van der Waals surface area contributed by atoms with Crippen molar-refractivity contribution in [3.63, 3.8) is 0 Å². The smallest absolute Gasteiger partial charge is 0.00137 e. The molecule has 0 heterocycles. The molecule has 1 aliphatic carbocycles. The van der Waals surface area contributed by atoms with E-state index in [-0.39, 0.29) is 0 Å². The lowest BCUT2D eigenvalue weighted by molar-refractivity contribution is 1.51. The zero-order valence-electron chi connectivity index (χ0n) is 7.09. The third-order valence-corrected chi connectivity index (χ3v) is 2.63. The Morgan fingerprint density at radius 1 is 1.08 bits per heavy atom. The predicted octanol–water partition coefficient (Wildman–Crippen LogP) is 3.05. The van der Waals surface area contributed by atoms with Crippen LogP contribution in [0.1, 0.15) is 16.7 Å². The molecule has 0 aliphatic heterocycles. The molecule has 0 bridgehead atoms. The monoisotopic (exact) mass is 154 g/mol. The fraction of sp³-hybridized carbons (Fsp3) is 0.167.